The maximum Gasteiger partial charge on any atom is -0.0623 e. The molecule has 105 valence electrons. The zero-order valence-electron chi connectivity index (χ0n) is 10.2. The molecular formula is C13H11Cl4N2Zr. The van der Waals surface area contributed by atoms with E-state index in [1.807, 2.05) is 60.7 Å². The summed E-state index contributed by atoms with van der Waals surface area (Å²) in [5.41, 5.74) is 2.20. The molecule has 0 saturated heterocycles. The van der Waals surface area contributed by atoms with Crippen molar-refractivity contribution in [3.05, 3.63) is 60.7 Å². The van der Waals surface area contributed by atoms with Gasteiger partial charge in [0.1, 0.15) is 0 Å². The number of imidazole rings is 1. The summed E-state index contributed by atoms with van der Waals surface area (Å²) in [7, 11) is 0. The van der Waals surface area contributed by atoms with Crippen molar-refractivity contribution in [3.63, 3.8) is 0 Å². The second-order valence-electron chi connectivity index (χ2n) is 3.26. The molecule has 0 aliphatic heterocycles. The largest absolute Gasteiger partial charge is 0.0623 e. The van der Waals surface area contributed by atoms with E-state index >= 15 is 0 Å². The van der Waals surface area contributed by atoms with Crippen molar-refractivity contribution in [1.82, 2.24) is 9.97 Å². The second kappa shape index (κ2) is 13.9. The molecule has 2 aromatic carbocycles. The summed E-state index contributed by atoms with van der Waals surface area (Å²) in [6.45, 7) is 0. The van der Waals surface area contributed by atoms with Gasteiger partial charge < -0.3 is 49.6 Å². The molecule has 0 atom stereocenters. The smallest absolute Gasteiger partial charge is 0.0623 e. The molecular weight excluding hydrogens is 417 g/mol. The average molecular weight is 428 g/mol. The zero-order chi connectivity index (χ0) is 11.2. The minimum Gasteiger partial charge on any atom is -0.0623 e. The number of rotatable bonds is 0. The van der Waals surface area contributed by atoms with E-state index in [9.17, 15) is 0 Å². The fourth-order valence-corrected chi connectivity index (χ4v) is 1.96. The molecule has 1 heterocycles. The molecule has 0 radical (unpaired) electrons. The number of nitrogens with zero attached hydrogens (tertiary/aromatic N) is 1. The number of hydrogen-bond acceptors (Lipinski definition) is 1. The SMILES string of the molecule is [Cl-].[Cl-].[Cl-].[Cl-].[Zr+4][c]1nc2ccccc2[nH]1.c1ccccc1. The molecule has 0 unspecified atom stereocenters. The summed E-state index contributed by atoms with van der Waals surface area (Å²) in [5.74, 6) is 0. The summed E-state index contributed by atoms with van der Waals surface area (Å²) in [4.78, 5) is 7.48. The first-order valence-corrected chi connectivity index (χ1v) is 6.25. The van der Waals surface area contributed by atoms with Crippen LogP contribution in [0.3, 0.4) is 0 Å². The van der Waals surface area contributed by atoms with E-state index < -0.39 is 0 Å². The molecule has 3 rings (SSSR count). The van der Waals surface area contributed by atoms with Crippen molar-refractivity contribution in [3.8, 4) is 0 Å². The fourth-order valence-electron chi connectivity index (χ4n) is 1.34. The van der Waals surface area contributed by atoms with Crippen molar-refractivity contribution in [2.45, 2.75) is 0 Å². The first kappa shape index (κ1) is 24.9. The van der Waals surface area contributed by atoms with E-state index in [0.717, 1.165) is 14.6 Å². The van der Waals surface area contributed by atoms with Crippen LogP contribution >= 0.6 is 0 Å². The van der Waals surface area contributed by atoms with Gasteiger partial charge >= 0.3 is 73.5 Å². The molecule has 0 spiro atoms. The van der Waals surface area contributed by atoms with Crippen molar-refractivity contribution in [2.75, 3.05) is 0 Å². The number of benzene rings is 2. The average Bonchev–Trinajstić information content (AvgIpc) is 2.72. The van der Waals surface area contributed by atoms with Crippen LogP contribution in [0.1, 0.15) is 0 Å². The minimum absolute atomic E-state index is 0. The van der Waals surface area contributed by atoms with Gasteiger partial charge in [-0.15, -0.1) is 0 Å². The van der Waals surface area contributed by atoms with Crippen molar-refractivity contribution in [1.29, 1.82) is 0 Å². The van der Waals surface area contributed by atoms with Crippen molar-refractivity contribution in [2.24, 2.45) is 0 Å². The normalized spacial score (nSPS) is 7.70. The van der Waals surface area contributed by atoms with Crippen LogP contribution in [0.2, 0.25) is 0 Å². The molecule has 1 aromatic heterocycles. The van der Waals surface area contributed by atoms with E-state index in [1.54, 1.807) is 0 Å². The van der Waals surface area contributed by atoms with Crippen molar-refractivity contribution >= 4 is 14.6 Å². The summed E-state index contributed by atoms with van der Waals surface area (Å²) in [6, 6.07) is 20.1. The van der Waals surface area contributed by atoms with Gasteiger partial charge in [-0.3, -0.25) is 0 Å². The molecule has 2 nitrogen and oxygen atoms in total. The molecule has 0 amide bonds. The molecule has 20 heavy (non-hydrogen) atoms. The predicted octanol–water partition coefficient (Wildman–Crippen LogP) is -9.56. The monoisotopic (exact) mass is 425 g/mol. The molecule has 7 heteroatoms. The Labute approximate surface area is 158 Å². The molecule has 0 aliphatic carbocycles. The Morgan fingerprint density at radius 2 is 1.15 bits per heavy atom. The van der Waals surface area contributed by atoms with Gasteiger partial charge in [-0.2, -0.15) is 0 Å². The standard InChI is InChI=1S/C7H5N2.C6H6.4ClH.Zr/c1-2-4-7-6(3-1)8-5-9-7;1-2-4-6-5-3-1;;;;;/h1-4H,(H,8,9);1-6H;4*1H;/q;;;;;;+4/p-4. The Kier molecular flexibility index (Phi) is 17.4. The Bertz CT molecular complexity index is 501. The first-order valence-electron chi connectivity index (χ1n) is 5.02. The fraction of sp³-hybridized carbons (Fsp3) is 0. The Morgan fingerprint density at radius 1 is 0.700 bits per heavy atom. The van der Waals surface area contributed by atoms with Gasteiger partial charge in [0.2, 0.25) is 0 Å². The predicted molar refractivity (Wildman–Crippen MR) is 62.2 cm³/mol. The number of hydrogen-bond donors (Lipinski definition) is 1. The van der Waals surface area contributed by atoms with E-state index in [2.05, 4.69) is 9.97 Å². The number of halogens is 4. The molecule has 3 aromatic rings. The number of para-hydroxylation sites is 2. The molecule has 0 fully saturated rings. The number of aromatic nitrogens is 2. The van der Waals surface area contributed by atoms with E-state index in [-0.39, 0.29) is 49.6 Å². The Hall–Kier alpha value is -0.0469. The van der Waals surface area contributed by atoms with Crippen LogP contribution in [0.25, 0.3) is 11.0 Å². The quantitative estimate of drug-likeness (QED) is 0.379. The van der Waals surface area contributed by atoms with Gasteiger partial charge in [-0.05, 0) is 0 Å². The van der Waals surface area contributed by atoms with E-state index in [0.29, 0.717) is 0 Å². The van der Waals surface area contributed by atoms with Crippen LogP contribution < -0.4 is 53.2 Å². The van der Waals surface area contributed by atoms with E-state index in [4.69, 9.17) is 0 Å². The number of fused-ring (bicyclic) bond motifs is 1. The summed E-state index contributed by atoms with van der Waals surface area (Å²) < 4.78 is 1.06. The van der Waals surface area contributed by atoms with Crippen LogP contribution in [0.15, 0.2) is 60.7 Å². The maximum atomic E-state index is 4.30. The van der Waals surface area contributed by atoms with Gasteiger partial charge in [-0.1, -0.05) is 36.4 Å². The van der Waals surface area contributed by atoms with Crippen LogP contribution in [-0.4, -0.2) is 9.97 Å². The molecule has 0 aliphatic rings. The molecule has 0 bridgehead atoms. The molecule has 1 N–H and O–H groups in total. The second-order valence-corrected chi connectivity index (χ2v) is 4.42. The number of H-pyrrole nitrogens is 1. The van der Waals surface area contributed by atoms with Gasteiger partial charge in [-0.25, -0.2) is 0 Å². The van der Waals surface area contributed by atoms with Gasteiger partial charge in [0.05, 0.1) is 0 Å². The third-order valence-corrected chi connectivity index (χ3v) is 2.64. The first-order chi connectivity index (χ1) is 7.86. The topological polar surface area (TPSA) is 28.7 Å². The van der Waals surface area contributed by atoms with Crippen LogP contribution in [-0.2, 0) is 24.7 Å². The van der Waals surface area contributed by atoms with Gasteiger partial charge in [0.15, 0.2) is 0 Å². The third-order valence-electron chi connectivity index (χ3n) is 2.06. The zero-order valence-corrected chi connectivity index (χ0v) is 15.7. The number of nitrogens with one attached hydrogen (secondary N) is 1. The van der Waals surface area contributed by atoms with Crippen LogP contribution in [0.5, 0.6) is 0 Å². The molecule has 0 saturated carbocycles. The van der Waals surface area contributed by atoms with E-state index in [1.165, 1.54) is 24.7 Å². The van der Waals surface area contributed by atoms with Crippen molar-refractivity contribution < 1.29 is 74.3 Å². The van der Waals surface area contributed by atoms with Gasteiger partial charge in [0, 0.05) is 0 Å². The number of aromatic amines is 1. The summed E-state index contributed by atoms with van der Waals surface area (Å²) >= 11 is 1.33. The van der Waals surface area contributed by atoms with Crippen LogP contribution in [0, 0.1) is 0 Å². The Balaban J connectivity index is -0.000000260. The maximum absolute atomic E-state index is 4.30. The minimum atomic E-state index is 0. The Morgan fingerprint density at radius 3 is 1.60 bits per heavy atom. The van der Waals surface area contributed by atoms with Gasteiger partial charge in [0.25, 0.3) is 0 Å². The summed E-state index contributed by atoms with van der Waals surface area (Å²) in [5, 5.41) is 0. The van der Waals surface area contributed by atoms with Crippen LogP contribution in [0.4, 0.5) is 0 Å². The third kappa shape index (κ3) is 8.29. The summed E-state index contributed by atoms with van der Waals surface area (Å²) in [6.07, 6.45) is 0.